The number of pyridine rings is 1. The van der Waals surface area contributed by atoms with Crippen molar-refractivity contribution in [1.82, 2.24) is 25.3 Å². The highest BCUT2D eigenvalue weighted by atomic mass is 35.5. The van der Waals surface area contributed by atoms with Gasteiger partial charge in [-0.05, 0) is 68.7 Å². The van der Waals surface area contributed by atoms with Gasteiger partial charge in [0.1, 0.15) is 0 Å². The van der Waals surface area contributed by atoms with Gasteiger partial charge in [-0.3, -0.25) is 14.5 Å². The number of amides is 2. The lowest BCUT2D eigenvalue weighted by Crippen LogP contribution is -2.43. The average molecular weight is 532 g/mol. The summed E-state index contributed by atoms with van der Waals surface area (Å²) in [6.07, 6.45) is 5.57. The number of carbonyl (C=O) groups excluding carboxylic acids is 2. The van der Waals surface area contributed by atoms with Gasteiger partial charge in [-0.25, -0.2) is 9.67 Å². The van der Waals surface area contributed by atoms with E-state index in [9.17, 15) is 20.0 Å². The van der Waals surface area contributed by atoms with Crippen LogP contribution in [0.4, 0.5) is 5.82 Å². The molecule has 3 fully saturated rings. The second kappa shape index (κ2) is 9.10. The molecule has 38 heavy (non-hydrogen) atoms. The highest BCUT2D eigenvalue weighted by Crippen LogP contribution is 2.49. The zero-order valence-corrected chi connectivity index (χ0v) is 21.7. The lowest BCUT2D eigenvalue weighted by Gasteiger charge is -2.36. The van der Waals surface area contributed by atoms with Gasteiger partial charge in [-0.15, -0.1) is 5.10 Å². The number of fused-ring (bicyclic) bond motifs is 1. The molecule has 11 heteroatoms. The molecule has 2 aromatic heterocycles. The van der Waals surface area contributed by atoms with Crippen LogP contribution in [-0.2, 0) is 4.79 Å². The number of halogens is 1. The maximum absolute atomic E-state index is 12.8. The Bertz CT molecular complexity index is 1510. The molecule has 10 nitrogen and oxygen atoms in total. The van der Waals surface area contributed by atoms with E-state index in [1.807, 2.05) is 13.0 Å². The first-order valence-corrected chi connectivity index (χ1v) is 13.0. The molecule has 0 spiro atoms. The van der Waals surface area contributed by atoms with E-state index in [1.54, 1.807) is 41.0 Å². The van der Waals surface area contributed by atoms with Crippen LogP contribution < -0.4 is 10.2 Å². The molecule has 0 radical (unpaired) electrons. The lowest BCUT2D eigenvalue weighted by atomic mass is 9.74. The number of aromatic nitrogens is 4. The van der Waals surface area contributed by atoms with Gasteiger partial charge >= 0.3 is 0 Å². The van der Waals surface area contributed by atoms with Gasteiger partial charge in [0, 0.05) is 40.9 Å². The van der Waals surface area contributed by atoms with Gasteiger partial charge in [0.15, 0.2) is 17.3 Å². The summed E-state index contributed by atoms with van der Waals surface area (Å²) >= 11 is 6.11. The molecule has 0 unspecified atom stereocenters. The first-order chi connectivity index (χ1) is 18.2. The SMILES string of the molecule is Cc1c([C@H](C)n2cc(C(=O)NC3CC(c4cc(Cl)ccc4C#N)C3)nn2)cnc(N2C[C@H]3C[C@H]3C2=O)c1O. The summed E-state index contributed by atoms with van der Waals surface area (Å²) in [5.41, 5.74) is 3.03. The molecule has 3 heterocycles. The second-order valence-electron chi connectivity index (χ2n) is 10.5. The third kappa shape index (κ3) is 4.07. The Balaban J connectivity index is 1.11. The van der Waals surface area contributed by atoms with E-state index < -0.39 is 0 Å². The molecule has 3 atom stereocenters. The minimum Gasteiger partial charge on any atom is -0.504 e. The summed E-state index contributed by atoms with van der Waals surface area (Å²) in [5, 5.41) is 32.0. The smallest absolute Gasteiger partial charge is 0.273 e. The van der Waals surface area contributed by atoms with Crippen LogP contribution in [0.2, 0.25) is 5.02 Å². The van der Waals surface area contributed by atoms with Crippen molar-refractivity contribution in [2.45, 2.75) is 51.1 Å². The Kier molecular flexibility index (Phi) is 5.83. The standard InChI is InChI=1S/C27H26ClN7O3/c1-13-22(10-30-25(24(13)36)34-11-17-7-21(17)27(34)38)14(2)35-12-23(32-33-35)26(37)31-19-5-16(6-19)20-8-18(28)4-3-15(20)9-29/h3-4,8,10,12,14,16-17,19,21,36H,5-7,11H2,1-2H3,(H,31,37)/t14-,16?,17+,19?,21+/m0/s1. The van der Waals surface area contributed by atoms with Gasteiger partial charge in [-0.1, -0.05) is 16.8 Å². The average Bonchev–Trinajstić information content (AvgIpc) is 3.33. The summed E-state index contributed by atoms with van der Waals surface area (Å²) in [7, 11) is 0. The number of piperidine rings is 1. The van der Waals surface area contributed by atoms with Crippen molar-refractivity contribution in [3.05, 3.63) is 63.6 Å². The van der Waals surface area contributed by atoms with Crippen molar-refractivity contribution in [1.29, 1.82) is 5.26 Å². The minimum absolute atomic E-state index is 0.0131. The van der Waals surface area contributed by atoms with Crippen LogP contribution in [0.3, 0.4) is 0 Å². The highest BCUT2D eigenvalue weighted by molar-refractivity contribution is 6.30. The second-order valence-corrected chi connectivity index (χ2v) is 10.9. The van der Waals surface area contributed by atoms with Crippen LogP contribution in [0.1, 0.15) is 70.9 Å². The number of hydrogen-bond acceptors (Lipinski definition) is 7. The van der Waals surface area contributed by atoms with Gasteiger partial charge in [0.2, 0.25) is 5.91 Å². The fourth-order valence-electron chi connectivity index (χ4n) is 5.61. The van der Waals surface area contributed by atoms with Gasteiger partial charge < -0.3 is 10.4 Å². The molecule has 2 saturated carbocycles. The number of benzene rings is 1. The summed E-state index contributed by atoms with van der Waals surface area (Å²) < 4.78 is 1.56. The van der Waals surface area contributed by atoms with Gasteiger partial charge in [0.05, 0.1) is 23.9 Å². The number of anilines is 1. The molecule has 194 valence electrons. The fraction of sp³-hybridized carbons (Fsp3) is 0.407. The van der Waals surface area contributed by atoms with Gasteiger partial charge in [-0.2, -0.15) is 5.26 Å². The van der Waals surface area contributed by atoms with Crippen molar-refractivity contribution in [3.8, 4) is 11.8 Å². The molecule has 2 amide bonds. The molecule has 3 aromatic rings. The van der Waals surface area contributed by atoms with Gasteiger partial charge in [0.25, 0.3) is 5.91 Å². The Labute approximate surface area is 224 Å². The number of nitrogens with one attached hydrogen (secondary N) is 1. The number of nitrogens with zero attached hydrogens (tertiary/aromatic N) is 6. The number of hydrogen-bond donors (Lipinski definition) is 2. The minimum atomic E-state index is -0.348. The van der Waals surface area contributed by atoms with E-state index in [0.717, 1.165) is 17.5 Å². The molecule has 1 saturated heterocycles. The first-order valence-electron chi connectivity index (χ1n) is 12.7. The Morgan fingerprint density at radius 3 is 2.82 bits per heavy atom. The van der Waals surface area contributed by atoms with Crippen LogP contribution in [0.25, 0.3) is 0 Å². The van der Waals surface area contributed by atoms with Crippen LogP contribution in [0, 0.1) is 30.1 Å². The van der Waals surface area contributed by atoms with Crippen LogP contribution in [0.5, 0.6) is 5.75 Å². The van der Waals surface area contributed by atoms with Crippen LogP contribution in [0.15, 0.2) is 30.6 Å². The zero-order valence-electron chi connectivity index (χ0n) is 20.9. The Morgan fingerprint density at radius 1 is 1.32 bits per heavy atom. The monoisotopic (exact) mass is 531 g/mol. The molecule has 1 aromatic carbocycles. The van der Waals surface area contributed by atoms with E-state index in [4.69, 9.17) is 11.6 Å². The van der Waals surface area contributed by atoms with E-state index in [-0.39, 0.29) is 47.2 Å². The summed E-state index contributed by atoms with van der Waals surface area (Å²) in [6.45, 7) is 4.26. The van der Waals surface area contributed by atoms with E-state index in [1.165, 1.54) is 0 Å². The predicted molar refractivity (Wildman–Crippen MR) is 138 cm³/mol. The maximum atomic E-state index is 12.8. The molecule has 3 aliphatic rings. The van der Waals surface area contributed by atoms with E-state index in [2.05, 4.69) is 26.7 Å². The number of aromatic hydroxyl groups is 1. The molecule has 2 N–H and O–H groups in total. The number of carbonyl (C=O) groups is 2. The summed E-state index contributed by atoms with van der Waals surface area (Å²) in [5.74, 6) is 0.608. The summed E-state index contributed by atoms with van der Waals surface area (Å²) in [4.78, 5) is 31.3. The van der Waals surface area contributed by atoms with Crippen LogP contribution >= 0.6 is 11.6 Å². The largest absolute Gasteiger partial charge is 0.504 e. The number of nitriles is 1. The molecule has 6 rings (SSSR count). The summed E-state index contributed by atoms with van der Waals surface area (Å²) in [6, 6.07) is 7.08. The first kappa shape index (κ1) is 24.4. The maximum Gasteiger partial charge on any atom is 0.273 e. The van der Waals surface area contributed by atoms with Crippen LogP contribution in [-0.4, -0.2) is 49.5 Å². The quantitative estimate of drug-likeness (QED) is 0.496. The lowest BCUT2D eigenvalue weighted by molar-refractivity contribution is -0.118. The third-order valence-electron chi connectivity index (χ3n) is 8.14. The van der Waals surface area contributed by atoms with Crippen molar-refractivity contribution >= 4 is 29.2 Å². The third-order valence-corrected chi connectivity index (χ3v) is 8.38. The molecule has 2 aliphatic carbocycles. The highest BCUT2D eigenvalue weighted by Gasteiger charge is 2.53. The topological polar surface area (TPSA) is 137 Å². The fourth-order valence-corrected chi connectivity index (χ4v) is 5.79. The molecule has 0 bridgehead atoms. The van der Waals surface area contributed by atoms with Crippen molar-refractivity contribution in [2.75, 3.05) is 11.4 Å². The predicted octanol–water partition coefficient (Wildman–Crippen LogP) is 3.48. The van der Waals surface area contributed by atoms with E-state index in [0.29, 0.717) is 47.3 Å². The van der Waals surface area contributed by atoms with Crippen molar-refractivity contribution in [3.63, 3.8) is 0 Å². The van der Waals surface area contributed by atoms with E-state index >= 15 is 0 Å². The number of rotatable bonds is 6. The van der Waals surface area contributed by atoms with Crippen molar-refractivity contribution in [2.24, 2.45) is 11.8 Å². The Hall–Kier alpha value is -3.97. The molecule has 1 aliphatic heterocycles. The molecular weight excluding hydrogens is 506 g/mol. The van der Waals surface area contributed by atoms with Crippen molar-refractivity contribution < 1.29 is 14.7 Å². The Morgan fingerprint density at radius 2 is 2.11 bits per heavy atom. The zero-order chi connectivity index (χ0) is 26.7. The normalized spacial score (nSPS) is 24.4. The molecular formula is C27H26ClN7O3.